The molecule has 0 aliphatic heterocycles. The van der Waals surface area contributed by atoms with Crippen LogP contribution in [0.1, 0.15) is 21.8 Å². The van der Waals surface area contributed by atoms with Gasteiger partial charge in [-0.05, 0) is 12.1 Å². The molecule has 0 aromatic carbocycles. The fourth-order valence-corrected chi connectivity index (χ4v) is 1.55. The summed E-state index contributed by atoms with van der Waals surface area (Å²) >= 11 is 0. The number of aryl methyl sites for hydroxylation is 1. The molecule has 2 rings (SSSR count). The molecule has 0 aliphatic rings. The van der Waals surface area contributed by atoms with E-state index in [4.69, 9.17) is 9.52 Å². The summed E-state index contributed by atoms with van der Waals surface area (Å²) in [5, 5.41) is 16.2. The van der Waals surface area contributed by atoms with Crippen LogP contribution in [0.3, 0.4) is 0 Å². The molecule has 0 aliphatic carbocycles. The molecule has 6 heteroatoms. The van der Waals surface area contributed by atoms with Crippen molar-refractivity contribution in [1.82, 2.24) is 15.1 Å². The van der Waals surface area contributed by atoms with Crippen molar-refractivity contribution in [3.8, 4) is 0 Å². The maximum atomic E-state index is 10.8. The van der Waals surface area contributed by atoms with Crippen LogP contribution in [0.25, 0.3) is 0 Å². The van der Waals surface area contributed by atoms with Crippen LogP contribution in [0.15, 0.2) is 29.0 Å². The molecule has 0 bridgehead atoms. The van der Waals surface area contributed by atoms with Crippen molar-refractivity contribution in [3.63, 3.8) is 0 Å². The number of hydrogen-bond acceptors (Lipinski definition) is 4. The van der Waals surface area contributed by atoms with Gasteiger partial charge in [0.1, 0.15) is 0 Å². The monoisotopic (exact) mass is 235 g/mol. The van der Waals surface area contributed by atoms with E-state index in [9.17, 15) is 4.79 Å². The van der Waals surface area contributed by atoms with Gasteiger partial charge in [-0.15, -0.1) is 0 Å². The van der Waals surface area contributed by atoms with Crippen LogP contribution in [0.5, 0.6) is 0 Å². The Morgan fingerprint density at radius 3 is 3.00 bits per heavy atom. The van der Waals surface area contributed by atoms with Crippen molar-refractivity contribution in [2.45, 2.75) is 13.1 Å². The van der Waals surface area contributed by atoms with E-state index < -0.39 is 5.97 Å². The number of aromatic carboxylic acids is 1. The highest BCUT2D eigenvalue weighted by Crippen LogP contribution is 2.10. The standard InChI is InChI=1S/C11H13N3O3/c1-14-4-2-9(13-14)7-12-6-8-3-5-17-10(8)11(15)16/h2-5,12H,6-7H2,1H3,(H,15,16). The van der Waals surface area contributed by atoms with Gasteiger partial charge in [0, 0.05) is 31.9 Å². The molecule has 0 radical (unpaired) electrons. The van der Waals surface area contributed by atoms with E-state index in [1.807, 2.05) is 19.3 Å². The Balaban J connectivity index is 1.90. The third-order valence-electron chi connectivity index (χ3n) is 2.33. The molecule has 0 saturated heterocycles. The maximum Gasteiger partial charge on any atom is 0.372 e. The molecule has 6 nitrogen and oxygen atoms in total. The quantitative estimate of drug-likeness (QED) is 0.808. The highest BCUT2D eigenvalue weighted by Gasteiger charge is 2.13. The summed E-state index contributed by atoms with van der Waals surface area (Å²) in [6.45, 7) is 1.03. The Kier molecular flexibility index (Phi) is 3.24. The van der Waals surface area contributed by atoms with Gasteiger partial charge >= 0.3 is 5.97 Å². The first-order valence-electron chi connectivity index (χ1n) is 5.15. The zero-order valence-electron chi connectivity index (χ0n) is 9.38. The zero-order valence-corrected chi connectivity index (χ0v) is 9.38. The average molecular weight is 235 g/mol. The number of furan rings is 1. The number of rotatable bonds is 5. The molecule has 0 saturated carbocycles. The first-order valence-corrected chi connectivity index (χ1v) is 5.15. The van der Waals surface area contributed by atoms with Crippen molar-refractivity contribution in [1.29, 1.82) is 0 Å². The van der Waals surface area contributed by atoms with Crippen molar-refractivity contribution >= 4 is 5.97 Å². The van der Waals surface area contributed by atoms with Crippen LogP contribution in [0.2, 0.25) is 0 Å². The van der Waals surface area contributed by atoms with E-state index in [0.29, 0.717) is 18.7 Å². The third kappa shape index (κ3) is 2.73. The van der Waals surface area contributed by atoms with Crippen LogP contribution in [-0.2, 0) is 20.1 Å². The minimum atomic E-state index is -1.05. The molecular formula is C11H13N3O3. The lowest BCUT2D eigenvalue weighted by molar-refractivity contribution is 0.0660. The number of aromatic nitrogens is 2. The number of carbonyl (C=O) groups is 1. The predicted molar refractivity (Wildman–Crippen MR) is 59.4 cm³/mol. The summed E-state index contributed by atoms with van der Waals surface area (Å²) in [4.78, 5) is 10.8. The summed E-state index contributed by atoms with van der Waals surface area (Å²) in [7, 11) is 1.85. The Bertz CT molecular complexity index is 516. The van der Waals surface area contributed by atoms with Gasteiger partial charge in [0.25, 0.3) is 0 Å². The van der Waals surface area contributed by atoms with Crippen molar-refractivity contribution in [3.05, 3.63) is 41.6 Å². The van der Waals surface area contributed by atoms with Gasteiger partial charge in [0.2, 0.25) is 5.76 Å². The third-order valence-corrected chi connectivity index (χ3v) is 2.33. The van der Waals surface area contributed by atoms with Gasteiger partial charge in [-0.25, -0.2) is 4.79 Å². The molecule has 0 spiro atoms. The summed E-state index contributed by atoms with van der Waals surface area (Å²) < 4.78 is 6.59. The molecule has 0 unspecified atom stereocenters. The second kappa shape index (κ2) is 4.84. The van der Waals surface area contributed by atoms with Crippen LogP contribution in [0.4, 0.5) is 0 Å². The summed E-state index contributed by atoms with van der Waals surface area (Å²) in [6.07, 6.45) is 3.23. The number of carboxylic acid groups (broad SMARTS) is 1. The topological polar surface area (TPSA) is 80.3 Å². The molecule has 0 amide bonds. The van der Waals surface area contributed by atoms with E-state index in [0.717, 1.165) is 5.69 Å². The molecule has 0 atom stereocenters. The fraction of sp³-hybridized carbons (Fsp3) is 0.273. The summed E-state index contributed by atoms with van der Waals surface area (Å²) in [6, 6.07) is 3.55. The molecule has 2 aromatic rings. The molecule has 2 heterocycles. The molecule has 90 valence electrons. The van der Waals surface area contributed by atoms with Crippen molar-refractivity contribution < 1.29 is 14.3 Å². The number of nitrogens with zero attached hydrogens (tertiary/aromatic N) is 2. The largest absolute Gasteiger partial charge is 0.475 e. The molecule has 2 aromatic heterocycles. The van der Waals surface area contributed by atoms with Gasteiger partial charge in [-0.1, -0.05) is 0 Å². The minimum absolute atomic E-state index is 0.0153. The summed E-state index contributed by atoms with van der Waals surface area (Å²) in [5.74, 6) is -1.07. The normalized spacial score (nSPS) is 10.6. The first-order chi connectivity index (χ1) is 8.16. The predicted octanol–water partition coefficient (Wildman–Crippen LogP) is 1.00. The maximum absolute atomic E-state index is 10.8. The smallest absolute Gasteiger partial charge is 0.372 e. The van der Waals surface area contributed by atoms with E-state index >= 15 is 0 Å². The highest BCUT2D eigenvalue weighted by molar-refractivity contribution is 5.86. The Hall–Kier alpha value is -2.08. The van der Waals surface area contributed by atoms with E-state index in [-0.39, 0.29) is 5.76 Å². The van der Waals surface area contributed by atoms with Gasteiger partial charge < -0.3 is 14.8 Å². The van der Waals surface area contributed by atoms with E-state index in [1.54, 1.807) is 10.7 Å². The first kappa shape index (κ1) is 11.4. The van der Waals surface area contributed by atoms with Crippen molar-refractivity contribution in [2.75, 3.05) is 0 Å². The number of carboxylic acids is 1. The lowest BCUT2D eigenvalue weighted by atomic mass is 10.2. The summed E-state index contributed by atoms with van der Waals surface area (Å²) in [5.41, 5.74) is 1.54. The van der Waals surface area contributed by atoms with Gasteiger partial charge in [-0.3, -0.25) is 4.68 Å². The van der Waals surface area contributed by atoms with Gasteiger partial charge in [0.15, 0.2) is 0 Å². The Morgan fingerprint density at radius 1 is 1.53 bits per heavy atom. The fourth-order valence-electron chi connectivity index (χ4n) is 1.55. The lowest BCUT2D eigenvalue weighted by Crippen LogP contribution is -2.14. The second-order valence-electron chi connectivity index (χ2n) is 3.66. The number of nitrogens with one attached hydrogen (secondary N) is 1. The van der Waals surface area contributed by atoms with Crippen LogP contribution in [-0.4, -0.2) is 20.9 Å². The molecule has 0 fully saturated rings. The second-order valence-corrected chi connectivity index (χ2v) is 3.66. The van der Waals surface area contributed by atoms with Crippen LogP contribution < -0.4 is 5.32 Å². The Labute approximate surface area is 97.9 Å². The lowest BCUT2D eigenvalue weighted by Gasteiger charge is -2.01. The Morgan fingerprint density at radius 2 is 2.35 bits per heavy atom. The number of hydrogen-bond donors (Lipinski definition) is 2. The highest BCUT2D eigenvalue weighted by atomic mass is 16.4. The minimum Gasteiger partial charge on any atom is -0.475 e. The molecule has 2 N–H and O–H groups in total. The molecule has 17 heavy (non-hydrogen) atoms. The van der Waals surface area contributed by atoms with Crippen LogP contribution >= 0.6 is 0 Å². The zero-order chi connectivity index (χ0) is 12.3. The average Bonchev–Trinajstić information content (AvgIpc) is 2.87. The molecular weight excluding hydrogens is 222 g/mol. The van der Waals surface area contributed by atoms with E-state index in [1.165, 1.54) is 6.26 Å². The van der Waals surface area contributed by atoms with Gasteiger partial charge in [0.05, 0.1) is 12.0 Å². The van der Waals surface area contributed by atoms with Gasteiger partial charge in [-0.2, -0.15) is 5.10 Å². The van der Waals surface area contributed by atoms with Crippen LogP contribution in [0, 0.1) is 0 Å². The van der Waals surface area contributed by atoms with Crippen molar-refractivity contribution in [2.24, 2.45) is 7.05 Å². The van der Waals surface area contributed by atoms with E-state index in [2.05, 4.69) is 10.4 Å². The SMILES string of the molecule is Cn1ccc(CNCc2ccoc2C(=O)O)n1.